The monoisotopic (exact) mass is 479 g/mol. The van der Waals surface area contributed by atoms with Crippen molar-refractivity contribution < 1.29 is 23.9 Å². The van der Waals surface area contributed by atoms with Crippen molar-refractivity contribution in [3.8, 4) is 5.75 Å². The van der Waals surface area contributed by atoms with E-state index in [1.807, 2.05) is 36.4 Å². The minimum absolute atomic E-state index is 0.0399. The van der Waals surface area contributed by atoms with Gasteiger partial charge >= 0.3 is 5.97 Å². The van der Waals surface area contributed by atoms with Crippen LogP contribution in [-0.2, 0) is 20.7 Å². The first kappa shape index (κ1) is 23.4. The van der Waals surface area contributed by atoms with Gasteiger partial charge in [-0.1, -0.05) is 30.3 Å². The average Bonchev–Trinajstić information content (AvgIpc) is 3.27. The van der Waals surface area contributed by atoms with E-state index in [2.05, 4.69) is 10.3 Å². The zero-order valence-corrected chi connectivity index (χ0v) is 19.9. The molecular formula is C25H25N3O5S. The average molecular weight is 480 g/mol. The van der Waals surface area contributed by atoms with Crippen molar-refractivity contribution in [3.63, 3.8) is 0 Å². The first-order valence-electron chi connectivity index (χ1n) is 10.8. The maximum absolute atomic E-state index is 13.6. The van der Waals surface area contributed by atoms with Crippen LogP contribution < -0.4 is 10.1 Å². The zero-order chi connectivity index (χ0) is 24.2. The number of methoxy groups -OCH3 is 1. The molecule has 4 rings (SSSR count). The number of benzene rings is 2. The van der Waals surface area contributed by atoms with Gasteiger partial charge in [-0.15, -0.1) is 11.3 Å². The topological polar surface area (TPSA) is 97.8 Å². The Labute approximate surface area is 201 Å². The fourth-order valence-electron chi connectivity index (χ4n) is 4.16. The number of amides is 2. The van der Waals surface area contributed by atoms with Gasteiger partial charge in [-0.05, 0) is 36.2 Å². The van der Waals surface area contributed by atoms with Gasteiger partial charge in [0.15, 0.2) is 5.13 Å². The summed E-state index contributed by atoms with van der Waals surface area (Å²) in [7, 11) is 3.29. The van der Waals surface area contributed by atoms with E-state index in [-0.39, 0.29) is 24.2 Å². The number of aromatic nitrogens is 1. The predicted octanol–water partition coefficient (Wildman–Crippen LogP) is 3.81. The Bertz CT molecular complexity index is 1210. The lowest BCUT2D eigenvalue weighted by Crippen LogP contribution is -2.44. The maximum Gasteiger partial charge on any atom is 0.311 e. The zero-order valence-electron chi connectivity index (χ0n) is 19.1. The van der Waals surface area contributed by atoms with Crippen molar-refractivity contribution in [2.75, 3.05) is 26.1 Å². The number of carbonyl (C=O) groups is 3. The fourth-order valence-corrected chi connectivity index (χ4v) is 4.88. The van der Waals surface area contributed by atoms with E-state index < -0.39 is 12.0 Å². The van der Waals surface area contributed by atoms with Crippen LogP contribution in [0, 0.1) is 0 Å². The molecule has 0 aliphatic carbocycles. The molecule has 1 N–H and O–H groups in total. The van der Waals surface area contributed by atoms with Gasteiger partial charge in [0, 0.05) is 18.0 Å². The lowest BCUT2D eigenvalue weighted by molar-refractivity contribution is -0.142. The number of thiazole rings is 1. The summed E-state index contributed by atoms with van der Waals surface area (Å²) in [5.41, 5.74) is 2.50. The molecule has 0 spiro atoms. The van der Waals surface area contributed by atoms with Crippen molar-refractivity contribution in [1.82, 2.24) is 9.88 Å². The quantitative estimate of drug-likeness (QED) is 0.518. The number of hydrogen-bond donors (Lipinski definition) is 1. The van der Waals surface area contributed by atoms with Gasteiger partial charge in [-0.3, -0.25) is 14.4 Å². The van der Waals surface area contributed by atoms with Gasteiger partial charge < -0.3 is 19.7 Å². The van der Waals surface area contributed by atoms with Crippen LogP contribution in [0.3, 0.4) is 0 Å². The summed E-state index contributed by atoms with van der Waals surface area (Å²) >= 11 is 1.24. The Morgan fingerprint density at radius 2 is 1.88 bits per heavy atom. The Morgan fingerprint density at radius 3 is 2.59 bits per heavy atom. The molecule has 0 radical (unpaired) electrons. The fraction of sp³-hybridized carbons (Fsp3) is 0.280. The van der Waals surface area contributed by atoms with Crippen LogP contribution in [0.1, 0.15) is 46.1 Å². The molecule has 2 atom stereocenters. The Morgan fingerprint density at radius 1 is 1.15 bits per heavy atom. The number of nitrogens with one attached hydrogen (secondary N) is 1. The van der Waals surface area contributed by atoms with Crippen LogP contribution in [0.5, 0.6) is 5.75 Å². The third kappa shape index (κ3) is 4.65. The minimum atomic E-state index is -0.662. The number of ether oxygens (including phenoxy) is 2. The van der Waals surface area contributed by atoms with Gasteiger partial charge in [0.2, 0.25) is 5.91 Å². The third-order valence-corrected chi connectivity index (χ3v) is 6.54. The van der Waals surface area contributed by atoms with Gasteiger partial charge in [-0.25, -0.2) is 4.98 Å². The van der Waals surface area contributed by atoms with Crippen LogP contribution in [0.4, 0.5) is 5.13 Å². The number of carbonyl (C=O) groups excluding carboxylic acids is 3. The summed E-state index contributed by atoms with van der Waals surface area (Å²) in [6, 6.07) is 14.0. The molecule has 8 nitrogen and oxygen atoms in total. The molecule has 176 valence electrons. The Hall–Kier alpha value is -3.72. The van der Waals surface area contributed by atoms with Gasteiger partial charge in [-0.2, -0.15) is 0 Å². The molecule has 2 amide bonds. The number of hydrogen-bond acceptors (Lipinski definition) is 7. The van der Waals surface area contributed by atoms with Crippen LogP contribution in [0.2, 0.25) is 0 Å². The number of rotatable bonds is 7. The number of esters is 1. The number of nitrogens with zero attached hydrogens (tertiary/aromatic N) is 2. The van der Waals surface area contributed by atoms with E-state index in [1.54, 1.807) is 43.5 Å². The molecule has 1 aromatic heterocycles. The normalized spacial score (nSPS) is 17.1. The summed E-state index contributed by atoms with van der Waals surface area (Å²) < 4.78 is 10.2. The Balaban J connectivity index is 1.66. The van der Waals surface area contributed by atoms with E-state index in [1.165, 1.54) is 11.3 Å². The maximum atomic E-state index is 13.6. The van der Waals surface area contributed by atoms with Crippen molar-refractivity contribution in [2.24, 2.45) is 0 Å². The molecule has 2 heterocycles. The molecule has 0 fully saturated rings. The molecular weight excluding hydrogens is 454 g/mol. The van der Waals surface area contributed by atoms with Crippen molar-refractivity contribution in [2.45, 2.75) is 25.3 Å². The van der Waals surface area contributed by atoms with Gasteiger partial charge in [0.1, 0.15) is 5.75 Å². The summed E-state index contributed by atoms with van der Waals surface area (Å²) in [6.07, 6.45) is 0.0399. The molecule has 1 aliphatic rings. The Kier molecular flexibility index (Phi) is 6.93. The lowest BCUT2D eigenvalue weighted by atomic mass is 9.79. The molecule has 0 unspecified atom stereocenters. The molecule has 1 aliphatic heterocycles. The molecule has 2 aromatic carbocycles. The predicted molar refractivity (Wildman–Crippen MR) is 128 cm³/mol. The number of anilines is 1. The van der Waals surface area contributed by atoms with Crippen molar-refractivity contribution in [1.29, 1.82) is 0 Å². The van der Waals surface area contributed by atoms with Crippen LogP contribution in [0.15, 0.2) is 53.9 Å². The smallest absolute Gasteiger partial charge is 0.311 e. The number of likely N-dealkylation sites (N-methyl/N-ethyl adjacent to an activating group) is 1. The van der Waals surface area contributed by atoms with Gasteiger partial charge in [0.25, 0.3) is 5.91 Å². The highest BCUT2D eigenvalue weighted by molar-refractivity contribution is 7.13. The summed E-state index contributed by atoms with van der Waals surface area (Å²) in [4.78, 5) is 44.5. The van der Waals surface area contributed by atoms with Crippen molar-refractivity contribution in [3.05, 3.63) is 76.3 Å². The van der Waals surface area contributed by atoms with Crippen LogP contribution in [-0.4, -0.2) is 48.4 Å². The second-order valence-corrected chi connectivity index (χ2v) is 8.67. The second kappa shape index (κ2) is 10.0. The largest absolute Gasteiger partial charge is 0.497 e. The molecule has 0 saturated heterocycles. The van der Waals surface area contributed by atoms with E-state index in [4.69, 9.17) is 9.47 Å². The first-order chi connectivity index (χ1) is 16.4. The van der Waals surface area contributed by atoms with Crippen molar-refractivity contribution >= 4 is 34.3 Å². The summed E-state index contributed by atoms with van der Waals surface area (Å²) in [5, 5.41) is 4.99. The summed E-state index contributed by atoms with van der Waals surface area (Å²) in [6.45, 7) is 2.04. The van der Waals surface area contributed by atoms with Gasteiger partial charge in [0.05, 0.1) is 37.8 Å². The number of fused-ring (bicyclic) bond motifs is 1. The van der Waals surface area contributed by atoms with E-state index >= 15 is 0 Å². The van der Waals surface area contributed by atoms with E-state index in [0.29, 0.717) is 34.3 Å². The molecule has 3 aromatic rings. The highest BCUT2D eigenvalue weighted by atomic mass is 32.1. The third-order valence-electron chi connectivity index (χ3n) is 5.73. The first-order valence-corrected chi connectivity index (χ1v) is 11.7. The molecule has 0 bridgehead atoms. The van der Waals surface area contributed by atoms with Crippen LogP contribution in [0.25, 0.3) is 0 Å². The molecule has 0 saturated carbocycles. The highest BCUT2D eigenvalue weighted by Crippen LogP contribution is 2.43. The second-order valence-electron chi connectivity index (χ2n) is 7.81. The SMILES string of the molecule is CCOC(=O)Cc1csc(NC(=O)[C@@H]2c3ccccc3C(=O)N(C)[C@@H]2c2ccc(OC)cc2)n1. The molecule has 34 heavy (non-hydrogen) atoms. The molecule has 9 heteroatoms. The lowest BCUT2D eigenvalue weighted by Gasteiger charge is -2.39. The van der Waals surface area contributed by atoms with Crippen LogP contribution >= 0.6 is 11.3 Å². The van der Waals surface area contributed by atoms with E-state index in [0.717, 1.165) is 5.56 Å². The van der Waals surface area contributed by atoms with E-state index in [9.17, 15) is 14.4 Å². The minimum Gasteiger partial charge on any atom is -0.497 e. The summed E-state index contributed by atoms with van der Waals surface area (Å²) in [5.74, 6) is -0.778. The standard InChI is InChI=1S/C25H25N3O5S/c1-4-33-20(29)13-16-14-34-25(26-16)27-23(30)21-18-7-5-6-8-19(18)24(31)28(2)22(21)15-9-11-17(32-3)12-10-15/h5-12,14,21-22H,4,13H2,1-3H3,(H,26,27,30)/t21-,22-/m1/s1. The highest BCUT2D eigenvalue weighted by Gasteiger charge is 2.42.